The maximum absolute atomic E-state index is 13.2. The van der Waals surface area contributed by atoms with Crippen LogP contribution in [0.3, 0.4) is 0 Å². The fourth-order valence-electron chi connectivity index (χ4n) is 3.48. The van der Waals surface area contributed by atoms with Gasteiger partial charge >= 0.3 is 0 Å². The third-order valence-electron chi connectivity index (χ3n) is 4.98. The second kappa shape index (κ2) is 8.49. The van der Waals surface area contributed by atoms with Crippen LogP contribution in [0.25, 0.3) is 0 Å². The number of sulfonamides is 1. The molecule has 2 aliphatic heterocycles. The summed E-state index contributed by atoms with van der Waals surface area (Å²) in [4.78, 5) is 15.4. The van der Waals surface area contributed by atoms with E-state index in [4.69, 9.17) is 19.9 Å². The molecule has 9 nitrogen and oxygen atoms in total. The van der Waals surface area contributed by atoms with Crippen molar-refractivity contribution in [3.8, 4) is 17.2 Å². The lowest BCUT2D eigenvalue weighted by atomic mass is 10.1. The highest BCUT2D eigenvalue weighted by Crippen LogP contribution is 2.33. The molecule has 2 aliphatic rings. The lowest BCUT2D eigenvalue weighted by Crippen LogP contribution is -2.44. The number of amides is 1. The van der Waals surface area contributed by atoms with Crippen LogP contribution in [-0.2, 0) is 10.0 Å². The first-order valence-electron chi connectivity index (χ1n) is 9.76. The summed E-state index contributed by atoms with van der Waals surface area (Å²) >= 11 is 0. The Morgan fingerprint density at radius 1 is 1.13 bits per heavy atom. The van der Waals surface area contributed by atoms with Gasteiger partial charge in [-0.1, -0.05) is 0 Å². The predicted molar refractivity (Wildman–Crippen MR) is 107 cm³/mol. The molecule has 160 valence electrons. The normalized spacial score (nSPS) is 19.7. The van der Waals surface area contributed by atoms with Crippen molar-refractivity contribution >= 4 is 15.9 Å². The summed E-state index contributed by atoms with van der Waals surface area (Å²) in [5, 5.41) is 0. The lowest BCUT2D eigenvalue weighted by Gasteiger charge is -2.32. The molecule has 1 unspecified atom stereocenters. The zero-order valence-electron chi connectivity index (χ0n) is 16.3. The average Bonchev–Trinajstić information content (AvgIpc) is 2.99. The summed E-state index contributed by atoms with van der Waals surface area (Å²) < 4.78 is 44.9. The van der Waals surface area contributed by atoms with E-state index in [1.807, 2.05) is 0 Å². The van der Waals surface area contributed by atoms with Gasteiger partial charge in [-0.05, 0) is 31.0 Å². The van der Waals surface area contributed by atoms with Gasteiger partial charge < -0.3 is 19.9 Å². The molecule has 4 rings (SSSR count). The number of nitrogens with zero attached hydrogens (tertiary/aromatic N) is 2. The number of benzene rings is 1. The van der Waals surface area contributed by atoms with Crippen molar-refractivity contribution in [1.82, 2.24) is 9.29 Å². The molecule has 2 aromatic rings. The summed E-state index contributed by atoms with van der Waals surface area (Å²) in [5.41, 5.74) is 5.35. The molecule has 2 N–H and O–H groups in total. The largest absolute Gasteiger partial charge is 0.490 e. The topological polar surface area (TPSA) is 121 Å². The molecular formula is C20H23N3O6S. The van der Waals surface area contributed by atoms with Gasteiger partial charge in [0.05, 0.1) is 24.7 Å². The molecule has 0 bridgehead atoms. The molecule has 1 aromatic heterocycles. The summed E-state index contributed by atoms with van der Waals surface area (Å²) in [6.45, 7) is 1.62. The Morgan fingerprint density at radius 3 is 2.73 bits per heavy atom. The minimum atomic E-state index is -3.72. The first-order valence-corrected chi connectivity index (χ1v) is 11.2. The number of hydrogen-bond acceptors (Lipinski definition) is 7. The molecule has 1 saturated heterocycles. The van der Waals surface area contributed by atoms with E-state index in [9.17, 15) is 13.2 Å². The van der Waals surface area contributed by atoms with Gasteiger partial charge in [0.1, 0.15) is 17.5 Å². The Balaban J connectivity index is 1.50. The van der Waals surface area contributed by atoms with E-state index in [0.29, 0.717) is 49.8 Å². The quantitative estimate of drug-likeness (QED) is 0.760. The summed E-state index contributed by atoms with van der Waals surface area (Å²) in [6, 6.07) is 7.76. The van der Waals surface area contributed by atoms with E-state index in [-0.39, 0.29) is 23.2 Å². The molecule has 1 aromatic carbocycles. The van der Waals surface area contributed by atoms with E-state index < -0.39 is 15.9 Å². The average molecular weight is 433 g/mol. The number of rotatable bonds is 5. The molecule has 0 aliphatic carbocycles. The summed E-state index contributed by atoms with van der Waals surface area (Å²) in [6.07, 6.45) is 3.18. The van der Waals surface area contributed by atoms with Gasteiger partial charge in [0, 0.05) is 31.3 Å². The van der Waals surface area contributed by atoms with Crippen LogP contribution in [-0.4, -0.2) is 56.0 Å². The minimum absolute atomic E-state index is 0.0972. The van der Waals surface area contributed by atoms with Gasteiger partial charge in [0.25, 0.3) is 5.91 Å². The zero-order chi connectivity index (χ0) is 21.1. The molecule has 0 radical (unpaired) electrons. The number of hydrogen-bond donors (Lipinski definition) is 1. The summed E-state index contributed by atoms with van der Waals surface area (Å²) in [5.74, 6) is 0.768. The van der Waals surface area contributed by atoms with Crippen LogP contribution < -0.4 is 19.9 Å². The van der Waals surface area contributed by atoms with Crippen LogP contribution in [0.2, 0.25) is 0 Å². The molecule has 3 heterocycles. The van der Waals surface area contributed by atoms with Gasteiger partial charge in [-0.25, -0.2) is 8.42 Å². The summed E-state index contributed by atoms with van der Waals surface area (Å²) in [7, 11) is -3.72. The number of pyridine rings is 1. The Labute approximate surface area is 174 Å². The number of primary amides is 1. The molecule has 1 fully saturated rings. The first kappa shape index (κ1) is 20.4. The molecule has 1 atom stereocenters. The maximum Gasteiger partial charge on any atom is 0.267 e. The van der Waals surface area contributed by atoms with Crippen LogP contribution in [0.1, 0.15) is 29.8 Å². The van der Waals surface area contributed by atoms with Crippen LogP contribution in [0, 0.1) is 0 Å². The van der Waals surface area contributed by atoms with Gasteiger partial charge in [-0.2, -0.15) is 4.31 Å². The van der Waals surface area contributed by atoms with Crippen LogP contribution >= 0.6 is 0 Å². The first-order chi connectivity index (χ1) is 14.4. The monoisotopic (exact) mass is 433 g/mol. The second-order valence-corrected chi connectivity index (χ2v) is 9.08. The van der Waals surface area contributed by atoms with Gasteiger partial charge in [0.15, 0.2) is 11.5 Å². The van der Waals surface area contributed by atoms with E-state index >= 15 is 0 Å². The number of aromatic nitrogens is 1. The van der Waals surface area contributed by atoms with Crippen LogP contribution in [0.4, 0.5) is 0 Å². The van der Waals surface area contributed by atoms with Gasteiger partial charge in [0.2, 0.25) is 10.0 Å². The zero-order valence-corrected chi connectivity index (χ0v) is 17.1. The van der Waals surface area contributed by atoms with Gasteiger partial charge in [-0.15, -0.1) is 0 Å². The number of carbonyl (C=O) groups excluding carboxylic acids is 1. The maximum atomic E-state index is 13.2. The smallest absolute Gasteiger partial charge is 0.267 e. The van der Waals surface area contributed by atoms with Crippen molar-refractivity contribution in [2.24, 2.45) is 5.73 Å². The predicted octanol–water partition coefficient (Wildman–Crippen LogP) is 1.57. The fraction of sp³-hybridized carbons (Fsp3) is 0.400. The molecule has 1 amide bonds. The van der Waals surface area contributed by atoms with Crippen molar-refractivity contribution in [2.45, 2.75) is 30.3 Å². The van der Waals surface area contributed by atoms with Crippen molar-refractivity contribution in [3.05, 3.63) is 42.2 Å². The van der Waals surface area contributed by atoms with E-state index in [1.165, 1.54) is 28.7 Å². The number of nitrogens with two attached hydrogens (primary N) is 1. The third kappa shape index (κ3) is 4.34. The highest BCUT2D eigenvalue weighted by molar-refractivity contribution is 7.89. The second-order valence-electron chi connectivity index (χ2n) is 7.15. The van der Waals surface area contributed by atoms with Crippen molar-refractivity contribution in [1.29, 1.82) is 0 Å². The number of piperidine rings is 1. The molecule has 10 heteroatoms. The lowest BCUT2D eigenvalue weighted by molar-refractivity contribution is 0.0993. The Bertz CT molecular complexity index is 1040. The molecule has 30 heavy (non-hydrogen) atoms. The number of ether oxygens (including phenoxy) is 3. The van der Waals surface area contributed by atoms with Gasteiger partial charge in [-0.3, -0.25) is 9.78 Å². The molecule has 0 saturated carbocycles. The molecule has 0 spiro atoms. The standard InChI is InChI=1S/C20H23N3O6S/c21-20(24)17-11-14(6-7-22-17)29-15-3-1-8-23(13-15)30(25,26)16-4-5-18-19(12-16)28-10-2-9-27-18/h4-7,11-12,15H,1-3,8-10,13H2,(H2,21,24). The van der Waals surface area contributed by atoms with E-state index in [1.54, 1.807) is 12.1 Å². The minimum Gasteiger partial charge on any atom is -0.490 e. The number of carbonyl (C=O) groups is 1. The number of fused-ring (bicyclic) bond motifs is 1. The third-order valence-corrected chi connectivity index (χ3v) is 6.85. The van der Waals surface area contributed by atoms with Crippen LogP contribution in [0.15, 0.2) is 41.4 Å². The molecular weight excluding hydrogens is 410 g/mol. The Kier molecular flexibility index (Phi) is 5.78. The van der Waals surface area contributed by atoms with Crippen molar-refractivity contribution in [3.63, 3.8) is 0 Å². The Morgan fingerprint density at radius 2 is 1.93 bits per heavy atom. The van der Waals surface area contributed by atoms with E-state index in [0.717, 1.165) is 6.42 Å². The van der Waals surface area contributed by atoms with Crippen molar-refractivity contribution in [2.75, 3.05) is 26.3 Å². The highest BCUT2D eigenvalue weighted by Gasteiger charge is 2.32. The van der Waals surface area contributed by atoms with E-state index in [2.05, 4.69) is 4.98 Å². The highest BCUT2D eigenvalue weighted by atomic mass is 32.2. The fourth-order valence-corrected chi connectivity index (χ4v) is 5.01. The Hall–Kier alpha value is -2.85. The van der Waals surface area contributed by atoms with Crippen molar-refractivity contribution < 1.29 is 27.4 Å². The van der Waals surface area contributed by atoms with Crippen LogP contribution in [0.5, 0.6) is 17.2 Å². The SMILES string of the molecule is NC(=O)c1cc(OC2CCCN(S(=O)(=O)c3ccc4c(c3)OCCCO4)C2)ccn1.